The number of carbonyl (C=O) groups is 1. The van der Waals surface area contributed by atoms with E-state index >= 15 is 0 Å². The zero-order chi connectivity index (χ0) is 18.1. The summed E-state index contributed by atoms with van der Waals surface area (Å²) in [6, 6.07) is 0. The Morgan fingerprint density at radius 3 is 2.52 bits per heavy atom. The van der Waals surface area contributed by atoms with Crippen LogP contribution in [-0.4, -0.2) is 69.8 Å². The number of aromatic nitrogens is 4. The zero-order valence-corrected chi connectivity index (χ0v) is 14.6. The summed E-state index contributed by atoms with van der Waals surface area (Å²) in [5, 5.41) is 0. The molecule has 0 aromatic carbocycles. The van der Waals surface area contributed by atoms with Gasteiger partial charge in [0.2, 0.25) is 5.95 Å². The Hall–Kier alpha value is -2.62. The number of piperazine rings is 1. The number of fused-ring (bicyclic) bond motifs is 1. The normalized spacial score (nSPS) is 15.7. The summed E-state index contributed by atoms with van der Waals surface area (Å²) in [5.41, 5.74) is -0.644. The summed E-state index contributed by atoms with van der Waals surface area (Å²) in [7, 11) is 3.57. The molecule has 3 heterocycles. The third-order valence-electron chi connectivity index (χ3n) is 4.37. The number of hydrogen-bond donors (Lipinski definition) is 1. The highest BCUT2D eigenvalue weighted by Crippen LogP contribution is 2.20. The van der Waals surface area contributed by atoms with E-state index in [1.165, 1.54) is 16.2 Å². The highest BCUT2D eigenvalue weighted by Gasteiger charge is 2.25. The Morgan fingerprint density at radius 1 is 1.20 bits per heavy atom. The second-order valence-corrected chi connectivity index (χ2v) is 6.08. The maximum Gasteiger partial charge on any atom is 0.329 e. The summed E-state index contributed by atoms with van der Waals surface area (Å²) in [6.45, 7) is 4.97. The standard InChI is InChI=1S/C15H22N6O4/c1-4-25-10(22)9-21-11-12(19(3)15(24)17-13(11)23)16-14(21)20-7-5-18(2)6-8-20/h4-9H2,1-3H3,(H,17,23,24). The minimum atomic E-state index is -0.560. The van der Waals surface area contributed by atoms with Gasteiger partial charge in [-0.25, -0.2) is 4.79 Å². The van der Waals surface area contributed by atoms with Crippen molar-refractivity contribution in [3.63, 3.8) is 0 Å². The van der Waals surface area contributed by atoms with Crippen LogP contribution in [0.25, 0.3) is 11.2 Å². The number of nitrogens with one attached hydrogen (secondary N) is 1. The Bertz CT molecular complexity index is 903. The number of rotatable bonds is 4. The number of nitrogens with zero attached hydrogens (tertiary/aromatic N) is 5. The van der Waals surface area contributed by atoms with Gasteiger partial charge in [-0.3, -0.25) is 23.7 Å². The average Bonchev–Trinajstić information content (AvgIpc) is 2.93. The first kappa shape index (κ1) is 17.2. The van der Waals surface area contributed by atoms with Crippen LogP contribution in [0.15, 0.2) is 9.59 Å². The number of hydrogen-bond acceptors (Lipinski definition) is 7. The van der Waals surface area contributed by atoms with Crippen molar-refractivity contribution in [1.82, 2.24) is 24.0 Å². The van der Waals surface area contributed by atoms with Crippen LogP contribution in [0, 0.1) is 0 Å². The number of carbonyl (C=O) groups excluding carboxylic acids is 1. The van der Waals surface area contributed by atoms with Crippen LogP contribution in [0.4, 0.5) is 5.95 Å². The van der Waals surface area contributed by atoms with Crippen molar-refractivity contribution in [3.05, 3.63) is 20.8 Å². The fourth-order valence-electron chi connectivity index (χ4n) is 2.96. The molecule has 2 aromatic heterocycles. The van der Waals surface area contributed by atoms with Crippen LogP contribution >= 0.6 is 0 Å². The summed E-state index contributed by atoms with van der Waals surface area (Å²) in [6.07, 6.45) is 0. The Morgan fingerprint density at radius 2 is 1.88 bits per heavy atom. The predicted octanol–water partition coefficient (Wildman–Crippen LogP) is -1.26. The maximum absolute atomic E-state index is 12.4. The Balaban J connectivity index is 2.15. The van der Waals surface area contributed by atoms with Crippen molar-refractivity contribution in [2.75, 3.05) is 44.7 Å². The fourth-order valence-corrected chi connectivity index (χ4v) is 2.96. The molecule has 0 bridgehead atoms. The molecule has 1 aliphatic heterocycles. The first-order valence-corrected chi connectivity index (χ1v) is 8.21. The number of aromatic amines is 1. The number of aryl methyl sites for hydroxylation is 1. The van der Waals surface area contributed by atoms with E-state index in [9.17, 15) is 14.4 Å². The molecule has 10 nitrogen and oxygen atoms in total. The first-order valence-electron chi connectivity index (χ1n) is 8.21. The van der Waals surface area contributed by atoms with Crippen LogP contribution < -0.4 is 16.1 Å². The van der Waals surface area contributed by atoms with Gasteiger partial charge in [-0.15, -0.1) is 0 Å². The van der Waals surface area contributed by atoms with Gasteiger partial charge in [0.25, 0.3) is 5.56 Å². The van der Waals surface area contributed by atoms with Gasteiger partial charge in [0.1, 0.15) is 6.54 Å². The third-order valence-corrected chi connectivity index (χ3v) is 4.37. The maximum atomic E-state index is 12.4. The smallest absolute Gasteiger partial charge is 0.329 e. The van der Waals surface area contributed by atoms with Crippen molar-refractivity contribution in [3.8, 4) is 0 Å². The largest absolute Gasteiger partial charge is 0.465 e. The van der Waals surface area contributed by atoms with E-state index in [-0.39, 0.29) is 24.3 Å². The van der Waals surface area contributed by atoms with Gasteiger partial charge in [0.05, 0.1) is 6.61 Å². The molecule has 0 unspecified atom stereocenters. The molecular formula is C15H22N6O4. The van der Waals surface area contributed by atoms with Crippen LogP contribution in [0.2, 0.25) is 0 Å². The molecule has 0 aliphatic carbocycles. The number of anilines is 1. The molecule has 1 fully saturated rings. The van der Waals surface area contributed by atoms with E-state index in [0.717, 1.165) is 13.1 Å². The molecule has 0 atom stereocenters. The number of esters is 1. The molecule has 0 saturated carbocycles. The lowest BCUT2D eigenvalue weighted by Gasteiger charge is -2.33. The van der Waals surface area contributed by atoms with Crippen LogP contribution in [0.3, 0.4) is 0 Å². The number of imidazole rings is 1. The van der Waals surface area contributed by atoms with E-state index in [1.807, 2.05) is 11.9 Å². The molecule has 1 aliphatic rings. The van der Waals surface area contributed by atoms with Crippen molar-refractivity contribution in [2.24, 2.45) is 7.05 Å². The van der Waals surface area contributed by atoms with Crippen molar-refractivity contribution < 1.29 is 9.53 Å². The second-order valence-electron chi connectivity index (χ2n) is 6.08. The predicted molar refractivity (Wildman–Crippen MR) is 91.9 cm³/mol. The van der Waals surface area contributed by atoms with Gasteiger partial charge in [0, 0.05) is 33.2 Å². The van der Waals surface area contributed by atoms with Gasteiger partial charge in [-0.2, -0.15) is 4.98 Å². The second kappa shape index (κ2) is 6.71. The lowest BCUT2D eigenvalue weighted by molar-refractivity contribution is -0.143. The lowest BCUT2D eigenvalue weighted by atomic mass is 10.3. The van der Waals surface area contributed by atoms with Crippen molar-refractivity contribution in [1.29, 1.82) is 0 Å². The third kappa shape index (κ3) is 3.16. The Labute approximate surface area is 143 Å². The molecule has 0 spiro atoms. The molecule has 25 heavy (non-hydrogen) atoms. The topological polar surface area (TPSA) is 105 Å². The van der Waals surface area contributed by atoms with E-state index in [0.29, 0.717) is 19.0 Å². The first-order chi connectivity index (χ1) is 11.9. The summed E-state index contributed by atoms with van der Waals surface area (Å²) in [4.78, 5) is 47.2. The summed E-state index contributed by atoms with van der Waals surface area (Å²) in [5.74, 6) is 0.0493. The minimum Gasteiger partial charge on any atom is -0.465 e. The molecule has 2 aromatic rings. The highest BCUT2D eigenvalue weighted by molar-refractivity contribution is 5.78. The average molecular weight is 350 g/mol. The van der Waals surface area contributed by atoms with Gasteiger partial charge in [0.15, 0.2) is 11.2 Å². The van der Waals surface area contributed by atoms with E-state index in [4.69, 9.17) is 4.74 Å². The molecule has 3 rings (SSSR count). The lowest BCUT2D eigenvalue weighted by Crippen LogP contribution is -2.45. The minimum absolute atomic E-state index is 0.132. The molecule has 0 amide bonds. The highest BCUT2D eigenvalue weighted by atomic mass is 16.5. The summed E-state index contributed by atoms with van der Waals surface area (Å²) >= 11 is 0. The molecule has 1 N–H and O–H groups in total. The number of ether oxygens (including phenoxy) is 1. The van der Waals surface area contributed by atoms with Crippen LogP contribution in [0.1, 0.15) is 6.92 Å². The quantitative estimate of drug-likeness (QED) is 0.686. The molecule has 10 heteroatoms. The van der Waals surface area contributed by atoms with Crippen molar-refractivity contribution in [2.45, 2.75) is 13.5 Å². The van der Waals surface area contributed by atoms with Gasteiger partial charge < -0.3 is 14.5 Å². The number of H-pyrrole nitrogens is 1. The van der Waals surface area contributed by atoms with Crippen LogP contribution in [0.5, 0.6) is 0 Å². The van der Waals surface area contributed by atoms with E-state index < -0.39 is 17.2 Å². The fraction of sp³-hybridized carbons (Fsp3) is 0.600. The molecular weight excluding hydrogens is 328 g/mol. The SMILES string of the molecule is CCOC(=O)Cn1c(N2CCN(C)CC2)nc2c1c(=O)[nH]c(=O)n2C. The van der Waals surface area contributed by atoms with Gasteiger partial charge >= 0.3 is 11.7 Å². The summed E-state index contributed by atoms with van der Waals surface area (Å²) < 4.78 is 7.84. The number of likely N-dealkylation sites (N-methyl/N-ethyl adjacent to an activating group) is 1. The Kier molecular flexibility index (Phi) is 4.62. The van der Waals surface area contributed by atoms with Crippen molar-refractivity contribution >= 4 is 23.1 Å². The molecule has 136 valence electrons. The monoisotopic (exact) mass is 350 g/mol. The molecule has 0 radical (unpaired) electrons. The van der Waals surface area contributed by atoms with Gasteiger partial charge in [-0.05, 0) is 14.0 Å². The van der Waals surface area contributed by atoms with Crippen LogP contribution in [-0.2, 0) is 23.1 Å². The zero-order valence-electron chi connectivity index (χ0n) is 14.6. The van der Waals surface area contributed by atoms with E-state index in [2.05, 4.69) is 14.9 Å². The molecule has 1 saturated heterocycles. The van der Waals surface area contributed by atoms with Gasteiger partial charge in [-0.1, -0.05) is 0 Å². The van der Waals surface area contributed by atoms with E-state index in [1.54, 1.807) is 6.92 Å².